The van der Waals surface area contributed by atoms with Gasteiger partial charge in [-0.15, -0.1) is 0 Å². The Bertz CT molecular complexity index is 770. The van der Waals surface area contributed by atoms with Gasteiger partial charge in [-0.3, -0.25) is 4.79 Å². The molecule has 5 nitrogen and oxygen atoms in total. The number of benzene rings is 2. The molecule has 0 unspecified atom stereocenters. The maximum Gasteiger partial charge on any atom is 0.228 e. The molecule has 0 bridgehead atoms. The standard InChI is InChI=1S/C19H21NO4/c1-12-8-17(22-2)18(23-3)11-15(12)20-19(21)10-13-4-5-16-14(9-13)6-7-24-16/h4-5,8-9,11H,6-7,10H2,1-3H3,(H,20,21). The lowest BCUT2D eigenvalue weighted by Crippen LogP contribution is -2.15. The number of hydrogen-bond acceptors (Lipinski definition) is 4. The lowest BCUT2D eigenvalue weighted by atomic mass is 10.1. The molecule has 0 spiro atoms. The Morgan fingerprint density at radius 1 is 1.17 bits per heavy atom. The molecule has 0 saturated heterocycles. The fraction of sp³-hybridized carbons (Fsp3) is 0.316. The summed E-state index contributed by atoms with van der Waals surface area (Å²) >= 11 is 0. The molecule has 126 valence electrons. The Balaban J connectivity index is 1.73. The second-order valence-electron chi connectivity index (χ2n) is 5.79. The number of methoxy groups -OCH3 is 2. The average molecular weight is 327 g/mol. The summed E-state index contributed by atoms with van der Waals surface area (Å²) in [5.74, 6) is 2.10. The van der Waals surface area contributed by atoms with Crippen LogP contribution in [-0.2, 0) is 17.6 Å². The van der Waals surface area contributed by atoms with E-state index in [1.165, 1.54) is 5.56 Å². The molecule has 0 aliphatic carbocycles. The zero-order valence-electron chi connectivity index (χ0n) is 14.1. The van der Waals surface area contributed by atoms with E-state index in [-0.39, 0.29) is 5.91 Å². The summed E-state index contributed by atoms with van der Waals surface area (Å²) in [5.41, 5.74) is 3.79. The lowest BCUT2D eigenvalue weighted by Gasteiger charge is -2.14. The van der Waals surface area contributed by atoms with Crippen molar-refractivity contribution in [1.82, 2.24) is 0 Å². The van der Waals surface area contributed by atoms with Crippen LogP contribution < -0.4 is 19.5 Å². The highest BCUT2D eigenvalue weighted by molar-refractivity contribution is 5.93. The van der Waals surface area contributed by atoms with Gasteiger partial charge in [-0.1, -0.05) is 12.1 Å². The molecule has 24 heavy (non-hydrogen) atoms. The van der Waals surface area contributed by atoms with Crippen molar-refractivity contribution in [3.05, 3.63) is 47.0 Å². The Labute approximate surface area is 141 Å². The minimum atomic E-state index is -0.0656. The van der Waals surface area contributed by atoms with Crippen LogP contribution in [-0.4, -0.2) is 26.7 Å². The summed E-state index contributed by atoms with van der Waals surface area (Å²) in [6.45, 7) is 2.64. The molecule has 1 heterocycles. The number of amides is 1. The normalized spacial score (nSPS) is 12.3. The topological polar surface area (TPSA) is 56.8 Å². The zero-order valence-corrected chi connectivity index (χ0v) is 14.1. The molecule has 0 fully saturated rings. The Morgan fingerprint density at radius 3 is 2.67 bits per heavy atom. The van der Waals surface area contributed by atoms with Gasteiger partial charge in [0, 0.05) is 18.2 Å². The van der Waals surface area contributed by atoms with E-state index in [9.17, 15) is 4.79 Å². The second-order valence-corrected chi connectivity index (χ2v) is 5.79. The quantitative estimate of drug-likeness (QED) is 0.917. The molecule has 1 N–H and O–H groups in total. The maximum absolute atomic E-state index is 12.4. The lowest BCUT2D eigenvalue weighted by molar-refractivity contribution is -0.115. The van der Waals surface area contributed by atoms with E-state index in [0.717, 1.165) is 35.6 Å². The van der Waals surface area contributed by atoms with Crippen LogP contribution in [0.2, 0.25) is 0 Å². The van der Waals surface area contributed by atoms with E-state index >= 15 is 0 Å². The van der Waals surface area contributed by atoms with Crippen molar-refractivity contribution in [3.8, 4) is 17.2 Å². The first kappa shape index (κ1) is 16.2. The summed E-state index contributed by atoms with van der Waals surface area (Å²) in [7, 11) is 3.17. The minimum absolute atomic E-state index is 0.0656. The van der Waals surface area contributed by atoms with Crippen molar-refractivity contribution in [1.29, 1.82) is 0 Å². The molecule has 3 rings (SSSR count). The number of rotatable bonds is 5. The van der Waals surface area contributed by atoms with Crippen molar-refractivity contribution in [2.24, 2.45) is 0 Å². The van der Waals surface area contributed by atoms with E-state index in [1.54, 1.807) is 20.3 Å². The van der Waals surface area contributed by atoms with Gasteiger partial charge >= 0.3 is 0 Å². The molecule has 1 amide bonds. The van der Waals surface area contributed by atoms with E-state index < -0.39 is 0 Å². The first-order valence-corrected chi connectivity index (χ1v) is 7.88. The highest BCUT2D eigenvalue weighted by Crippen LogP contribution is 2.33. The van der Waals surface area contributed by atoms with Crippen LogP contribution in [0.5, 0.6) is 17.2 Å². The fourth-order valence-electron chi connectivity index (χ4n) is 2.84. The van der Waals surface area contributed by atoms with Crippen LogP contribution >= 0.6 is 0 Å². The van der Waals surface area contributed by atoms with Gasteiger partial charge in [-0.05, 0) is 35.7 Å². The Kier molecular flexibility index (Phi) is 4.60. The van der Waals surface area contributed by atoms with Crippen LogP contribution in [0.3, 0.4) is 0 Å². The highest BCUT2D eigenvalue weighted by atomic mass is 16.5. The number of fused-ring (bicyclic) bond motifs is 1. The van der Waals surface area contributed by atoms with Crippen molar-refractivity contribution in [2.45, 2.75) is 19.8 Å². The Hall–Kier alpha value is -2.69. The molecule has 2 aromatic carbocycles. The predicted molar refractivity (Wildman–Crippen MR) is 92.3 cm³/mol. The molecule has 0 atom stereocenters. The first-order valence-electron chi connectivity index (χ1n) is 7.88. The Morgan fingerprint density at radius 2 is 1.92 bits per heavy atom. The molecule has 5 heteroatoms. The van der Waals surface area contributed by atoms with E-state index in [2.05, 4.69) is 5.32 Å². The molecular weight excluding hydrogens is 306 g/mol. The van der Waals surface area contributed by atoms with Crippen molar-refractivity contribution in [3.63, 3.8) is 0 Å². The van der Waals surface area contributed by atoms with Crippen LogP contribution in [0.1, 0.15) is 16.7 Å². The van der Waals surface area contributed by atoms with Gasteiger partial charge < -0.3 is 19.5 Å². The van der Waals surface area contributed by atoms with E-state index in [4.69, 9.17) is 14.2 Å². The number of carbonyl (C=O) groups is 1. The maximum atomic E-state index is 12.4. The molecule has 0 aromatic heterocycles. The smallest absolute Gasteiger partial charge is 0.228 e. The summed E-state index contributed by atoms with van der Waals surface area (Å²) < 4.78 is 16.0. The molecule has 0 radical (unpaired) electrons. The number of anilines is 1. The number of hydrogen-bond donors (Lipinski definition) is 1. The van der Waals surface area contributed by atoms with Gasteiger partial charge in [0.2, 0.25) is 5.91 Å². The van der Waals surface area contributed by atoms with Crippen molar-refractivity contribution < 1.29 is 19.0 Å². The largest absolute Gasteiger partial charge is 0.493 e. The first-order chi connectivity index (χ1) is 11.6. The highest BCUT2D eigenvalue weighted by Gasteiger charge is 2.15. The number of carbonyl (C=O) groups excluding carboxylic acids is 1. The van der Waals surface area contributed by atoms with Crippen molar-refractivity contribution in [2.75, 3.05) is 26.1 Å². The monoisotopic (exact) mass is 327 g/mol. The minimum Gasteiger partial charge on any atom is -0.493 e. The van der Waals surface area contributed by atoms with Gasteiger partial charge in [0.25, 0.3) is 0 Å². The van der Waals surface area contributed by atoms with Gasteiger partial charge in [0.1, 0.15) is 5.75 Å². The third-order valence-corrected chi connectivity index (χ3v) is 4.12. The summed E-state index contributed by atoms with van der Waals surface area (Å²) in [4.78, 5) is 12.4. The zero-order chi connectivity index (χ0) is 17.1. The molecular formula is C19H21NO4. The van der Waals surface area contributed by atoms with E-state index in [1.807, 2.05) is 31.2 Å². The van der Waals surface area contributed by atoms with Gasteiger partial charge in [-0.25, -0.2) is 0 Å². The van der Waals surface area contributed by atoms with Gasteiger partial charge in [-0.2, -0.15) is 0 Å². The van der Waals surface area contributed by atoms with Crippen molar-refractivity contribution >= 4 is 11.6 Å². The van der Waals surface area contributed by atoms with Gasteiger partial charge in [0.05, 0.1) is 27.2 Å². The number of aryl methyl sites for hydroxylation is 1. The van der Waals surface area contributed by atoms with Gasteiger partial charge in [0.15, 0.2) is 11.5 Å². The average Bonchev–Trinajstić information content (AvgIpc) is 3.03. The van der Waals surface area contributed by atoms with Crippen LogP contribution in [0.25, 0.3) is 0 Å². The molecule has 2 aromatic rings. The van der Waals surface area contributed by atoms with E-state index in [0.29, 0.717) is 17.9 Å². The summed E-state index contributed by atoms with van der Waals surface area (Å²) in [6.07, 6.45) is 1.22. The number of ether oxygens (including phenoxy) is 3. The third kappa shape index (κ3) is 3.30. The fourth-order valence-corrected chi connectivity index (χ4v) is 2.84. The summed E-state index contributed by atoms with van der Waals surface area (Å²) in [5, 5.41) is 2.95. The van der Waals surface area contributed by atoms with Crippen LogP contribution in [0, 0.1) is 6.92 Å². The molecule has 1 aliphatic heterocycles. The third-order valence-electron chi connectivity index (χ3n) is 4.12. The van der Waals surface area contributed by atoms with Crippen LogP contribution in [0.4, 0.5) is 5.69 Å². The predicted octanol–water partition coefficient (Wildman–Crippen LogP) is 3.13. The summed E-state index contributed by atoms with van der Waals surface area (Å²) in [6, 6.07) is 9.55. The number of nitrogens with one attached hydrogen (secondary N) is 1. The second kappa shape index (κ2) is 6.83. The SMILES string of the molecule is COc1cc(C)c(NC(=O)Cc2ccc3c(c2)CCO3)cc1OC. The molecule has 1 aliphatic rings. The van der Waals surface area contributed by atoms with Crippen LogP contribution in [0.15, 0.2) is 30.3 Å². The molecule has 0 saturated carbocycles.